The number of fused-ring (bicyclic) bond motifs is 3. The molecule has 1 heterocycles. The first-order chi connectivity index (χ1) is 14.0. The van der Waals surface area contributed by atoms with Crippen molar-refractivity contribution in [2.24, 2.45) is 5.92 Å². The van der Waals surface area contributed by atoms with Crippen LogP contribution in [0.2, 0.25) is 0 Å². The lowest BCUT2D eigenvalue weighted by Gasteiger charge is -2.49. The number of rotatable bonds is 8. The van der Waals surface area contributed by atoms with Crippen molar-refractivity contribution in [3.63, 3.8) is 0 Å². The van der Waals surface area contributed by atoms with E-state index in [2.05, 4.69) is 59.8 Å². The van der Waals surface area contributed by atoms with Crippen LogP contribution in [0, 0.1) is 5.92 Å². The van der Waals surface area contributed by atoms with Gasteiger partial charge in [0.15, 0.2) is 0 Å². The van der Waals surface area contributed by atoms with E-state index in [0.29, 0.717) is 29.7 Å². The third-order valence-corrected chi connectivity index (χ3v) is 7.61. The molecule has 1 aliphatic heterocycles. The average molecular weight is 416 g/mol. The van der Waals surface area contributed by atoms with E-state index in [1.807, 2.05) is 6.07 Å². The van der Waals surface area contributed by atoms with Gasteiger partial charge in [0, 0.05) is 23.6 Å². The number of ether oxygens (including phenoxy) is 1. The molecule has 0 amide bonds. The van der Waals surface area contributed by atoms with E-state index < -0.39 is 0 Å². The van der Waals surface area contributed by atoms with Crippen LogP contribution in [0.5, 0.6) is 11.5 Å². The van der Waals surface area contributed by atoms with Gasteiger partial charge in [-0.25, -0.2) is 0 Å². The Morgan fingerprint density at radius 1 is 1.17 bits per heavy atom. The summed E-state index contributed by atoms with van der Waals surface area (Å²) >= 11 is 0. The monoisotopic (exact) mass is 415 g/mol. The van der Waals surface area contributed by atoms with Gasteiger partial charge < -0.3 is 15.2 Å². The van der Waals surface area contributed by atoms with Gasteiger partial charge in [0.25, 0.3) is 0 Å². The third kappa shape index (κ3) is 4.98. The fourth-order valence-corrected chi connectivity index (χ4v) is 5.90. The topological polar surface area (TPSA) is 41.5 Å². The summed E-state index contributed by atoms with van der Waals surface area (Å²) in [6.45, 7) is 15.8. The zero-order valence-electron chi connectivity index (χ0n) is 20.5. The van der Waals surface area contributed by atoms with Gasteiger partial charge in [0.05, 0.1) is 0 Å². The Hall–Kier alpha value is -1.22. The maximum Gasteiger partial charge on any atom is 0.127 e. The highest BCUT2D eigenvalue weighted by Crippen LogP contribution is 2.55. The molecule has 0 saturated heterocycles. The van der Waals surface area contributed by atoms with Crippen LogP contribution in [0.4, 0.5) is 0 Å². The Labute approximate surface area is 185 Å². The second-order valence-electron chi connectivity index (χ2n) is 11.4. The average Bonchev–Trinajstić information content (AvgIpc) is 2.63. The molecular formula is C27H45NO2. The predicted octanol–water partition coefficient (Wildman–Crippen LogP) is 7.06. The predicted molar refractivity (Wildman–Crippen MR) is 127 cm³/mol. The molecule has 3 atom stereocenters. The van der Waals surface area contributed by atoms with Gasteiger partial charge in [-0.05, 0) is 68.6 Å². The van der Waals surface area contributed by atoms with Gasteiger partial charge in [-0.3, -0.25) is 0 Å². The van der Waals surface area contributed by atoms with Crippen molar-refractivity contribution >= 4 is 0 Å². The van der Waals surface area contributed by atoms with Crippen molar-refractivity contribution in [1.29, 1.82) is 0 Å². The summed E-state index contributed by atoms with van der Waals surface area (Å²) in [4.78, 5) is 0. The number of hydrogen-bond acceptors (Lipinski definition) is 3. The largest absolute Gasteiger partial charge is 0.508 e. The Bertz CT molecular complexity index is 722. The molecule has 30 heavy (non-hydrogen) atoms. The number of phenols is 1. The van der Waals surface area contributed by atoms with Crippen LogP contribution in [0.15, 0.2) is 12.1 Å². The zero-order valence-corrected chi connectivity index (χ0v) is 20.5. The lowest BCUT2D eigenvalue weighted by molar-refractivity contribution is -0.0126. The molecular weight excluding hydrogens is 370 g/mol. The minimum Gasteiger partial charge on any atom is -0.508 e. The summed E-state index contributed by atoms with van der Waals surface area (Å²) in [5.74, 6) is 2.17. The van der Waals surface area contributed by atoms with Crippen LogP contribution < -0.4 is 10.1 Å². The van der Waals surface area contributed by atoms with E-state index in [1.165, 1.54) is 37.7 Å². The summed E-state index contributed by atoms with van der Waals surface area (Å²) in [6.07, 6.45) is 9.63. The molecule has 3 heteroatoms. The second kappa shape index (κ2) is 9.10. The lowest BCUT2D eigenvalue weighted by Crippen LogP contribution is -2.50. The van der Waals surface area contributed by atoms with Crippen LogP contribution in [0.25, 0.3) is 0 Å². The number of unbranched alkanes of at least 4 members (excludes halogenated alkanes) is 3. The number of aromatic hydroxyl groups is 1. The second-order valence-corrected chi connectivity index (χ2v) is 11.4. The van der Waals surface area contributed by atoms with Crippen LogP contribution in [0.1, 0.15) is 117 Å². The number of benzene rings is 1. The van der Waals surface area contributed by atoms with E-state index in [-0.39, 0.29) is 11.0 Å². The highest BCUT2D eigenvalue weighted by Gasteiger charge is 2.48. The van der Waals surface area contributed by atoms with Crippen molar-refractivity contribution in [3.05, 3.63) is 23.3 Å². The van der Waals surface area contributed by atoms with E-state index in [0.717, 1.165) is 30.6 Å². The molecule has 1 saturated carbocycles. The first-order valence-corrected chi connectivity index (χ1v) is 12.4. The molecule has 1 aromatic carbocycles. The highest BCUT2D eigenvalue weighted by molar-refractivity contribution is 5.53. The summed E-state index contributed by atoms with van der Waals surface area (Å²) < 4.78 is 6.58. The molecule has 2 aliphatic rings. The zero-order chi connectivity index (χ0) is 22.1. The number of hydrogen-bond donors (Lipinski definition) is 2. The third-order valence-electron chi connectivity index (χ3n) is 7.61. The smallest absolute Gasteiger partial charge is 0.127 e. The van der Waals surface area contributed by atoms with Crippen LogP contribution in [-0.4, -0.2) is 22.8 Å². The van der Waals surface area contributed by atoms with Gasteiger partial charge in [0.2, 0.25) is 0 Å². The summed E-state index contributed by atoms with van der Waals surface area (Å²) in [5, 5.41) is 14.9. The normalized spacial score (nSPS) is 25.5. The van der Waals surface area contributed by atoms with Gasteiger partial charge >= 0.3 is 0 Å². The quantitative estimate of drug-likeness (QED) is 0.446. The van der Waals surface area contributed by atoms with Crippen molar-refractivity contribution < 1.29 is 9.84 Å². The fourth-order valence-electron chi connectivity index (χ4n) is 5.90. The Kier molecular flexibility index (Phi) is 7.11. The van der Waals surface area contributed by atoms with E-state index in [1.54, 1.807) is 0 Å². The molecule has 170 valence electrons. The van der Waals surface area contributed by atoms with Gasteiger partial charge in [0.1, 0.15) is 17.1 Å². The standard InChI is InChI=1S/C27H45NO2/c1-8-9-10-11-14-26(4,5)19-15-23(29)25-21-17-20(28-18(2)3)12-13-22(21)27(6,7)30-24(25)16-19/h15-16,18,20-22,28-29H,8-14,17H2,1-7H3. The molecule has 3 nitrogen and oxygen atoms in total. The maximum atomic E-state index is 11.2. The summed E-state index contributed by atoms with van der Waals surface area (Å²) in [5.41, 5.74) is 2.10. The maximum absolute atomic E-state index is 11.2. The SMILES string of the molecule is CCCCCCC(C)(C)c1cc(O)c2c(c1)OC(C)(C)C1CCC(NC(C)C)CC21. The van der Waals surface area contributed by atoms with Crippen LogP contribution in [0.3, 0.4) is 0 Å². The first-order valence-electron chi connectivity index (χ1n) is 12.4. The molecule has 1 fully saturated rings. The molecule has 0 aromatic heterocycles. The Balaban J connectivity index is 1.89. The molecule has 1 aromatic rings. The highest BCUT2D eigenvalue weighted by atomic mass is 16.5. The fraction of sp³-hybridized carbons (Fsp3) is 0.778. The minimum atomic E-state index is -0.198. The van der Waals surface area contributed by atoms with Crippen molar-refractivity contribution in [2.75, 3.05) is 0 Å². The molecule has 3 unspecified atom stereocenters. The number of nitrogens with one attached hydrogen (secondary N) is 1. The molecule has 0 radical (unpaired) electrons. The summed E-state index contributed by atoms with van der Waals surface area (Å²) in [7, 11) is 0. The first kappa shape index (κ1) is 23.4. The Morgan fingerprint density at radius 3 is 2.57 bits per heavy atom. The van der Waals surface area contributed by atoms with Crippen molar-refractivity contribution in [1.82, 2.24) is 5.32 Å². The summed E-state index contributed by atoms with van der Waals surface area (Å²) in [6, 6.07) is 5.29. The van der Waals surface area contributed by atoms with Gasteiger partial charge in [-0.1, -0.05) is 60.3 Å². The minimum absolute atomic E-state index is 0.0406. The van der Waals surface area contributed by atoms with Gasteiger partial charge in [-0.15, -0.1) is 0 Å². The van der Waals surface area contributed by atoms with Crippen LogP contribution >= 0.6 is 0 Å². The van der Waals surface area contributed by atoms with E-state index in [9.17, 15) is 5.11 Å². The molecule has 2 N–H and O–H groups in total. The Morgan fingerprint density at radius 2 is 1.90 bits per heavy atom. The van der Waals surface area contributed by atoms with E-state index in [4.69, 9.17) is 4.74 Å². The van der Waals surface area contributed by atoms with E-state index >= 15 is 0 Å². The van der Waals surface area contributed by atoms with Crippen molar-refractivity contribution in [2.45, 2.75) is 129 Å². The van der Waals surface area contributed by atoms with Crippen molar-refractivity contribution in [3.8, 4) is 11.5 Å². The lowest BCUT2D eigenvalue weighted by atomic mass is 9.65. The molecule has 3 rings (SSSR count). The van der Waals surface area contributed by atoms with Gasteiger partial charge in [-0.2, -0.15) is 0 Å². The van der Waals surface area contributed by atoms with Crippen LogP contribution in [-0.2, 0) is 5.41 Å². The molecule has 0 spiro atoms. The molecule has 1 aliphatic carbocycles. The molecule has 0 bridgehead atoms. The number of phenolic OH excluding ortho intramolecular Hbond substituents is 1.